The van der Waals surface area contributed by atoms with Crippen LogP contribution < -0.4 is 4.74 Å². The second-order valence-corrected chi connectivity index (χ2v) is 5.13. The zero-order valence-electron chi connectivity index (χ0n) is 9.85. The molecule has 0 spiro atoms. The van der Waals surface area contributed by atoms with Crippen LogP contribution in [0.15, 0.2) is 34.9 Å². The molecule has 1 N–H and O–H groups in total. The van der Waals surface area contributed by atoms with E-state index in [2.05, 4.69) is 20.9 Å². The maximum atomic E-state index is 11.1. The predicted molar refractivity (Wildman–Crippen MR) is 75.2 cm³/mol. The summed E-state index contributed by atoms with van der Waals surface area (Å²) in [5, 5.41) is 9.48. The van der Waals surface area contributed by atoms with Crippen LogP contribution in [0, 0.1) is 6.92 Å². The second-order valence-electron chi connectivity index (χ2n) is 3.80. The van der Waals surface area contributed by atoms with E-state index in [0.29, 0.717) is 16.5 Å². The van der Waals surface area contributed by atoms with Gasteiger partial charge in [0, 0.05) is 22.4 Å². The van der Waals surface area contributed by atoms with Crippen molar-refractivity contribution in [3.05, 3.63) is 51.2 Å². The fraction of sp³-hybridized carbons (Fsp3) is 0.0769. The lowest BCUT2D eigenvalue weighted by Gasteiger charge is -2.10. The van der Waals surface area contributed by atoms with Gasteiger partial charge in [-0.3, -0.25) is 4.98 Å². The summed E-state index contributed by atoms with van der Waals surface area (Å²) in [4.78, 5) is 15.0. The molecule has 0 saturated heterocycles. The van der Waals surface area contributed by atoms with Crippen molar-refractivity contribution in [3.8, 4) is 11.5 Å². The number of aromatic nitrogens is 1. The summed E-state index contributed by atoms with van der Waals surface area (Å²) in [6.07, 6.45) is 1.26. The van der Waals surface area contributed by atoms with Crippen LogP contribution in [0.25, 0.3) is 0 Å². The third-order valence-electron chi connectivity index (χ3n) is 2.35. The summed E-state index contributed by atoms with van der Waals surface area (Å²) in [6.45, 7) is 1.75. The molecule has 0 fully saturated rings. The van der Waals surface area contributed by atoms with Crippen molar-refractivity contribution in [1.29, 1.82) is 0 Å². The van der Waals surface area contributed by atoms with Gasteiger partial charge in [0.15, 0.2) is 0 Å². The van der Waals surface area contributed by atoms with Gasteiger partial charge in [-0.1, -0.05) is 27.5 Å². The highest BCUT2D eigenvalue weighted by Crippen LogP contribution is 2.33. The van der Waals surface area contributed by atoms with E-state index in [-0.39, 0.29) is 11.3 Å². The fourth-order valence-corrected chi connectivity index (χ4v) is 2.17. The van der Waals surface area contributed by atoms with E-state index in [4.69, 9.17) is 21.4 Å². The number of nitrogens with zero attached hydrogens (tertiary/aromatic N) is 1. The number of halogens is 2. The molecule has 0 unspecified atom stereocenters. The van der Waals surface area contributed by atoms with Crippen LogP contribution in [-0.2, 0) is 0 Å². The molecule has 98 valence electrons. The molecule has 6 heteroatoms. The average molecular weight is 343 g/mol. The summed E-state index contributed by atoms with van der Waals surface area (Å²) < 4.78 is 6.38. The number of carboxylic acid groups (broad SMARTS) is 1. The largest absolute Gasteiger partial charge is 0.477 e. The molecule has 0 radical (unpaired) electrons. The first-order valence-electron chi connectivity index (χ1n) is 5.30. The molecule has 0 aliphatic heterocycles. The van der Waals surface area contributed by atoms with Gasteiger partial charge in [-0.25, -0.2) is 4.79 Å². The topological polar surface area (TPSA) is 59.4 Å². The summed E-state index contributed by atoms with van der Waals surface area (Å²) in [7, 11) is 0. The van der Waals surface area contributed by atoms with Gasteiger partial charge in [-0.2, -0.15) is 0 Å². The number of hydrogen-bond donors (Lipinski definition) is 1. The maximum absolute atomic E-state index is 11.1. The number of aryl methyl sites for hydroxylation is 1. The quantitative estimate of drug-likeness (QED) is 0.903. The number of rotatable bonds is 3. The van der Waals surface area contributed by atoms with Crippen molar-refractivity contribution in [2.24, 2.45) is 0 Å². The maximum Gasteiger partial charge on any atom is 0.341 e. The predicted octanol–water partition coefficient (Wildman–Crippen LogP) is 4.30. The SMILES string of the molecule is Cc1cc(Oc2ccc(Br)cc2Cl)c(C(=O)O)cn1. The van der Waals surface area contributed by atoms with Crippen molar-refractivity contribution in [3.63, 3.8) is 0 Å². The van der Waals surface area contributed by atoms with Crippen molar-refractivity contribution in [2.75, 3.05) is 0 Å². The number of carboxylic acids is 1. The van der Waals surface area contributed by atoms with E-state index in [1.54, 1.807) is 31.2 Å². The second kappa shape index (κ2) is 5.59. The third-order valence-corrected chi connectivity index (χ3v) is 3.14. The molecule has 1 aromatic carbocycles. The van der Waals surface area contributed by atoms with Gasteiger partial charge in [-0.05, 0) is 25.1 Å². The Labute approximate surface area is 123 Å². The zero-order valence-corrected chi connectivity index (χ0v) is 12.2. The monoisotopic (exact) mass is 341 g/mol. The molecule has 4 nitrogen and oxygen atoms in total. The van der Waals surface area contributed by atoms with Crippen LogP contribution in [0.5, 0.6) is 11.5 Å². The number of ether oxygens (including phenoxy) is 1. The Kier molecular flexibility index (Phi) is 4.07. The fourth-order valence-electron chi connectivity index (χ4n) is 1.46. The van der Waals surface area contributed by atoms with E-state index in [0.717, 1.165) is 4.47 Å². The molecule has 0 aliphatic carbocycles. The normalized spacial score (nSPS) is 10.3. The van der Waals surface area contributed by atoms with Gasteiger partial charge in [0.2, 0.25) is 0 Å². The van der Waals surface area contributed by atoms with Crippen molar-refractivity contribution >= 4 is 33.5 Å². The molecular formula is C13H9BrClNO3. The molecule has 0 saturated carbocycles. The summed E-state index contributed by atoms with van der Waals surface area (Å²) >= 11 is 9.32. The highest BCUT2D eigenvalue weighted by atomic mass is 79.9. The molecular weight excluding hydrogens is 334 g/mol. The third kappa shape index (κ3) is 3.24. The first-order chi connectivity index (χ1) is 8.97. The summed E-state index contributed by atoms with van der Waals surface area (Å²) in [6, 6.07) is 6.65. The Hall–Kier alpha value is -1.59. The Balaban J connectivity index is 2.42. The van der Waals surface area contributed by atoms with E-state index in [1.165, 1.54) is 6.20 Å². The Bertz CT molecular complexity index is 646. The van der Waals surface area contributed by atoms with Crippen LogP contribution >= 0.6 is 27.5 Å². The zero-order chi connectivity index (χ0) is 14.0. The average Bonchev–Trinajstić information content (AvgIpc) is 2.32. The van der Waals surface area contributed by atoms with Gasteiger partial charge in [0.25, 0.3) is 0 Å². The molecule has 1 heterocycles. The van der Waals surface area contributed by atoms with Crippen molar-refractivity contribution in [1.82, 2.24) is 4.98 Å². The molecule has 2 aromatic rings. The molecule has 0 atom stereocenters. The Morgan fingerprint density at radius 1 is 1.37 bits per heavy atom. The smallest absolute Gasteiger partial charge is 0.341 e. The van der Waals surface area contributed by atoms with E-state index in [9.17, 15) is 4.79 Å². The molecule has 1 aromatic heterocycles. The minimum absolute atomic E-state index is 0.00964. The molecule has 0 aliphatic rings. The molecule has 0 bridgehead atoms. The van der Waals surface area contributed by atoms with Crippen LogP contribution in [0.4, 0.5) is 0 Å². The number of aromatic carboxylic acids is 1. The first-order valence-corrected chi connectivity index (χ1v) is 6.47. The van der Waals surface area contributed by atoms with Gasteiger partial charge >= 0.3 is 5.97 Å². The number of benzene rings is 1. The lowest BCUT2D eigenvalue weighted by Crippen LogP contribution is -2.02. The molecule has 2 rings (SSSR count). The van der Waals surface area contributed by atoms with Gasteiger partial charge in [0.05, 0.1) is 5.02 Å². The Morgan fingerprint density at radius 3 is 2.74 bits per heavy atom. The Morgan fingerprint density at radius 2 is 2.11 bits per heavy atom. The molecule has 19 heavy (non-hydrogen) atoms. The van der Waals surface area contributed by atoms with Crippen molar-refractivity contribution in [2.45, 2.75) is 6.92 Å². The minimum Gasteiger partial charge on any atom is -0.477 e. The lowest BCUT2D eigenvalue weighted by atomic mass is 10.2. The standard InChI is InChI=1S/C13H9BrClNO3/c1-7-4-12(9(6-16-7)13(17)18)19-11-3-2-8(14)5-10(11)15/h2-6H,1H3,(H,17,18). The van der Waals surface area contributed by atoms with E-state index < -0.39 is 5.97 Å². The summed E-state index contributed by atoms with van der Waals surface area (Å²) in [5.41, 5.74) is 0.651. The first kappa shape index (κ1) is 13.8. The van der Waals surface area contributed by atoms with Gasteiger partial charge < -0.3 is 9.84 Å². The lowest BCUT2D eigenvalue weighted by molar-refractivity contribution is 0.0693. The van der Waals surface area contributed by atoms with Crippen LogP contribution in [0.1, 0.15) is 16.1 Å². The van der Waals surface area contributed by atoms with Gasteiger partial charge in [0.1, 0.15) is 17.1 Å². The van der Waals surface area contributed by atoms with Gasteiger partial charge in [-0.15, -0.1) is 0 Å². The van der Waals surface area contributed by atoms with E-state index >= 15 is 0 Å². The minimum atomic E-state index is -1.10. The van der Waals surface area contributed by atoms with Crippen LogP contribution in [0.2, 0.25) is 5.02 Å². The van der Waals surface area contributed by atoms with E-state index in [1.807, 2.05) is 0 Å². The number of carbonyl (C=O) groups is 1. The van der Waals surface area contributed by atoms with Crippen LogP contribution in [-0.4, -0.2) is 16.1 Å². The van der Waals surface area contributed by atoms with Crippen LogP contribution in [0.3, 0.4) is 0 Å². The molecule has 0 amide bonds. The highest BCUT2D eigenvalue weighted by molar-refractivity contribution is 9.10. The number of pyridine rings is 1. The number of hydrogen-bond acceptors (Lipinski definition) is 3. The highest BCUT2D eigenvalue weighted by Gasteiger charge is 2.14. The van der Waals surface area contributed by atoms with Crippen molar-refractivity contribution < 1.29 is 14.6 Å². The summed E-state index contributed by atoms with van der Waals surface area (Å²) in [5.74, 6) is -0.502.